The predicted octanol–water partition coefficient (Wildman–Crippen LogP) is 5.94. The molecule has 0 radical (unpaired) electrons. The number of halogens is 4. The van der Waals surface area contributed by atoms with Crippen LogP contribution in [-0.2, 0) is 4.79 Å². The predicted molar refractivity (Wildman–Crippen MR) is 131 cm³/mol. The molecule has 0 amide bonds. The maximum absolute atomic E-state index is 14.1. The van der Waals surface area contributed by atoms with E-state index in [2.05, 4.69) is 5.10 Å². The quantitative estimate of drug-likeness (QED) is 0.386. The second kappa shape index (κ2) is 11.6. The first-order chi connectivity index (χ1) is 17.2. The smallest absolute Gasteiger partial charge is 0.431 e. The summed E-state index contributed by atoms with van der Waals surface area (Å²) in [5, 5.41) is 14.7. The molecule has 2 heterocycles. The van der Waals surface area contributed by atoms with Crippen molar-refractivity contribution in [3.8, 4) is 11.5 Å². The zero-order chi connectivity index (χ0) is 26.5. The van der Waals surface area contributed by atoms with E-state index in [0.29, 0.717) is 49.3 Å². The molecule has 0 bridgehead atoms. The fourth-order valence-corrected chi connectivity index (χ4v) is 4.47. The van der Waals surface area contributed by atoms with E-state index >= 15 is 0 Å². The Labute approximate surface area is 208 Å². The Bertz CT molecular complexity index is 1050. The lowest BCUT2D eigenvalue weighted by atomic mass is 9.95. The third kappa shape index (κ3) is 6.09. The molecule has 36 heavy (non-hydrogen) atoms. The lowest BCUT2D eigenvalue weighted by Crippen LogP contribution is -2.38. The summed E-state index contributed by atoms with van der Waals surface area (Å²) in [5.74, 6) is -0.759. The van der Waals surface area contributed by atoms with Crippen LogP contribution >= 0.6 is 0 Å². The van der Waals surface area contributed by atoms with E-state index in [1.807, 2.05) is 18.7 Å². The van der Waals surface area contributed by atoms with Crippen LogP contribution in [0.25, 0.3) is 0 Å². The molecule has 1 unspecified atom stereocenters. The van der Waals surface area contributed by atoms with Crippen LogP contribution in [0.4, 0.5) is 28.9 Å². The molecule has 4 rings (SSSR count). The van der Waals surface area contributed by atoms with Crippen LogP contribution in [0.2, 0.25) is 0 Å². The van der Waals surface area contributed by atoms with Crippen molar-refractivity contribution in [3.05, 3.63) is 48.3 Å². The van der Waals surface area contributed by atoms with Gasteiger partial charge in [-0.2, -0.15) is 18.3 Å². The summed E-state index contributed by atoms with van der Waals surface area (Å²) in [6.07, 6.45) is -2.85. The molecular weight excluding hydrogens is 478 g/mol. The average molecular weight is 510 g/mol. The van der Waals surface area contributed by atoms with Gasteiger partial charge < -0.3 is 19.5 Å². The van der Waals surface area contributed by atoms with Crippen LogP contribution in [0.15, 0.2) is 47.6 Å². The van der Waals surface area contributed by atoms with Crippen molar-refractivity contribution in [2.24, 2.45) is 11.0 Å². The maximum atomic E-state index is 14.1. The second-order valence-electron chi connectivity index (χ2n) is 8.52. The molecule has 2 aliphatic rings. The number of carbonyl (C=O) groups excluding carboxylic acids is 1. The van der Waals surface area contributed by atoms with Gasteiger partial charge in [0.05, 0.1) is 17.4 Å². The van der Waals surface area contributed by atoms with Crippen LogP contribution in [0.1, 0.15) is 40.0 Å². The lowest BCUT2D eigenvalue weighted by molar-refractivity contribution is -0.108. The van der Waals surface area contributed by atoms with Gasteiger partial charge in [-0.15, -0.1) is 0 Å². The van der Waals surface area contributed by atoms with Crippen LogP contribution in [0.3, 0.4) is 0 Å². The molecule has 1 saturated heterocycles. The number of hydrogen-bond acceptors (Lipinski definition) is 6. The number of rotatable bonds is 6. The fourth-order valence-electron chi connectivity index (χ4n) is 4.47. The van der Waals surface area contributed by atoms with Gasteiger partial charge >= 0.3 is 6.18 Å². The summed E-state index contributed by atoms with van der Waals surface area (Å²) in [4.78, 5) is 12.9. The average Bonchev–Trinajstić information content (AvgIpc) is 3.20. The molecule has 6 nitrogen and oxygen atoms in total. The van der Waals surface area contributed by atoms with Crippen molar-refractivity contribution in [1.29, 1.82) is 0 Å². The van der Waals surface area contributed by atoms with Gasteiger partial charge in [0.25, 0.3) is 0 Å². The van der Waals surface area contributed by atoms with Gasteiger partial charge in [-0.3, -0.25) is 5.01 Å². The number of piperidine rings is 1. The third-order valence-electron chi connectivity index (χ3n) is 6.28. The van der Waals surface area contributed by atoms with E-state index in [1.165, 1.54) is 30.1 Å². The molecule has 1 fully saturated rings. The number of carbonyl (C=O) groups is 1. The Balaban J connectivity index is 0.00000176. The van der Waals surface area contributed by atoms with Crippen LogP contribution in [0.5, 0.6) is 11.5 Å². The van der Waals surface area contributed by atoms with E-state index in [-0.39, 0.29) is 18.3 Å². The molecule has 2 aromatic carbocycles. The van der Waals surface area contributed by atoms with Crippen molar-refractivity contribution >= 4 is 23.4 Å². The number of alkyl halides is 3. The molecule has 10 heteroatoms. The molecule has 2 aromatic rings. The number of hydrogen-bond donors (Lipinski definition) is 1. The molecular formula is C26H31F4N3O3. The highest BCUT2D eigenvalue weighted by Gasteiger charge is 2.48. The van der Waals surface area contributed by atoms with E-state index in [0.717, 1.165) is 0 Å². The number of ether oxygens (including phenoxy) is 1. The van der Waals surface area contributed by atoms with E-state index in [9.17, 15) is 27.5 Å². The summed E-state index contributed by atoms with van der Waals surface area (Å²) < 4.78 is 60.0. The number of benzene rings is 2. The molecule has 2 atom stereocenters. The summed E-state index contributed by atoms with van der Waals surface area (Å²) in [5.41, 5.74) is -0.0969. The minimum atomic E-state index is -4.56. The highest BCUT2D eigenvalue weighted by molar-refractivity contribution is 5.95. The Kier molecular flexibility index (Phi) is 8.81. The SMILES string of the molecule is CC.CC1C(C(F)(F)F)=NN(c2ccc(OC3CCN(c4cc(O)ccc4F)CC3)cc2)[C@H]1CC=O. The Hall–Kier alpha value is -3.30. The number of phenols is 1. The first-order valence-electron chi connectivity index (χ1n) is 12.1. The summed E-state index contributed by atoms with van der Waals surface area (Å²) in [6, 6.07) is 9.82. The topological polar surface area (TPSA) is 65.4 Å². The van der Waals surface area contributed by atoms with Crippen LogP contribution in [-0.4, -0.2) is 48.5 Å². The van der Waals surface area contributed by atoms with Gasteiger partial charge in [0.15, 0.2) is 0 Å². The van der Waals surface area contributed by atoms with Crippen molar-refractivity contribution in [2.75, 3.05) is 23.0 Å². The zero-order valence-corrected chi connectivity index (χ0v) is 20.5. The van der Waals surface area contributed by atoms with Gasteiger partial charge in [-0.05, 0) is 36.4 Å². The van der Waals surface area contributed by atoms with E-state index in [1.54, 1.807) is 24.3 Å². The molecule has 0 aromatic heterocycles. The molecule has 0 saturated carbocycles. The number of hydrazone groups is 1. The number of anilines is 2. The van der Waals surface area contributed by atoms with E-state index < -0.39 is 29.7 Å². The zero-order valence-electron chi connectivity index (χ0n) is 20.5. The minimum Gasteiger partial charge on any atom is -0.508 e. The first kappa shape index (κ1) is 27.3. The summed E-state index contributed by atoms with van der Waals surface area (Å²) in [7, 11) is 0. The maximum Gasteiger partial charge on any atom is 0.431 e. The number of nitrogens with zero attached hydrogens (tertiary/aromatic N) is 3. The molecule has 2 aliphatic heterocycles. The van der Waals surface area contributed by atoms with Crippen LogP contribution in [0, 0.1) is 11.7 Å². The third-order valence-corrected chi connectivity index (χ3v) is 6.28. The van der Waals surface area contributed by atoms with Crippen molar-refractivity contribution in [1.82, 2.24) is 0 Å². The Morgan fingerprint density at radius 2 is 1.75 bits per heavy atom. The Morgan fingerprint density at radius 1 is 1.11 bits per heavy atom. The number of aromatic hydroxyl groups is 1. The standard InChI is InChI=1S/C24H25F4N3O3.C2H6/c1-15-21(10-13-32)31(29-23(15)24(26,27)28)16-2-5-18(6-3-16)34-19-8-11-30(12-9-19)22-14-17(33)4-7-20(22)25;1-2/h2-7,13-15,19,21,33H,8-12H2,1H3;1-2H3/t15?,21-;/m0./s1. The molecule has 0 spiro atoms. The van der Waals surface area contributed by atoms with Gasteiger partial charge in [0.1, 0.15) is 35.4 Å². The van der Waals surface area contributed by atoms with Gasteiger partial charge in [-0.25, -0.2) is 4.39 Å². The van der Waals surface area contributed by atoms with Gasteiger partial charge in [0.2, 0.25) is 0 Å². The largest absolute Gasteiger partial charge is 0.508 e. The number of phenolic OH excluding ortho intramolecular Hbond substituents is 1. The lowest BCUT2D eigenvalue weighted by Gasteiger charge is -2.34. The monoisotopic (exact) mass is 509 g/mol. The molecule has 0 aliphatic carbocycles. The van der Waals surface area contributed by atoms with Crippen molar-refractivity contribution in [3.63, 3.8) is 0 Å². The molecule has 1 N–H and O–H groups in total. The number of aldehydes is 1. The van der Waals surface area contributed by atoms with Crippen molar-refractivity contribution in [2.45, 2.75) is 58.4 Å². The Morgan fingerprint density at radius 3 is 2.33 bits per heavy atom. The highest BCUT2D eigenvalue weighted by Crippen LogP contribution is 2.36. The minimum absolute atomic E-state index is 0.00401. The normalized spacial score (nSPS) is 20.5. The van der Waals surface area contributed by atoms with Gasteiger partial charge in [-0.1, -0.05) is 20.8 Å². The highest BCUT2D eigenvalue weighted by atomic mass is 19.4. The first-order valence-corrected chi connectivity index (χ1v) is 12.1. The van der Waals surface area contributed by atoms with Crippen LogP contribution < -0.4 is 14.6 Å². The van der Waals surface area contributed by atoms with Gasteiger partial charge in [0, 0.05) is 44.3 Å². The van der Waals surface area contributed by atoms with Crippen molar-refractivity contribution < 1.29 is 32.2 Å². The summed E-state index contributed by atoms with van der Waals surface area (Å²) >= 11 is 0. The summed E-state index contributed by atoms with van der Waals surface area (Å²) in [6.45, 7) is 6.53. The van der Waals surface area contributed by atoms with E-state index in [4.69, 9.17) is 4.74 Å². The fraction of sp³-hybridized carbons (Fsp3) is 0.462. The second-order valence-corrected chi connectivity index (χ2v) is 8.52. The molecule has 196 valence electrons.